The van der Waals surface area contributed by atoms with Crippen molar-refractivity contribution in [2.45, 2.75) is 43.3 Å². The molecule has 3 aromatic heterocycles. The highest BCUT2D eigenvalue weighted by atomic mass is 35.5. The Kier molecular flexibility index (Phi) is 8.87. The van der Waals surface area contributed by atoms with E-state index in [1.807, 2.05) is 48.7 Å². The number of aliphatic hydroxyl groups excluding tert-OH is 1. The van der Waals surface area contributed by atoms with E-state index < -0.39 is 17.7 Å². The molecular formula is C32H27Cl2N5O4S2. The number of imidazole rings is 1. The van der Waals surface area contributed by atoms with Gasteiger partial charge in [0.2, 0.25) is 5.13 Å². The number of aromatic nitrogens is 4. The van der Waals surface area contributed by atoms with Crippen LogP contribution in [0.4, 0.5) is 5.13 Å². The number of amides is 1. The van der Waals surface area contributed by atoms with Crippen LogP contribution in [-0.2, 0) is 15.3 Å². The lowest BCUT2D eigenvalue weighted by atomic mass is 9.96. The van der Waals surface area contributed by atoms with E-state index in [1.54, 1.807) is 37.3 Å². The number of ketones is 1. The van der Waals surface area contributed by atoms with E-state index in [2.05, 4.69) is 15.2 Å². The van der Waals surface area contributed by atoms with E-state index in [0.717, 1.165) is 17.5 Å². The van der Waals surface area contributed by atoms with Crippen LogP contribution in [0.1, 0.15) is 47.5 Å². The third kappa shape index (κ3) is 5.93. The van der Waals surface area contributed by atoms with Crippen LogP contribution >= 0.6 is 46.3 Å². The molecule has 9 nitrogen and oxygen atoms in total. The number of fused-ring (bicyclic) bond motifs is 1. The van der Waals surface area contributed by atoms with Crippen molar-refractivity contribution in [2.75, 3.05) is 11.5 Å². The number of carbonyl (C=O) groups excluding carboxylic acids is 2. The summed E-state index contributed by atoms with van der Waals surface area (Å²) in [5.41, 5.74) is 3.74. The van der Waals surface area contributed by atoms with Gasteiger partial charge >= 0.3 is 5.91 Å². The molecule has 0 saturated carbocycles. The number of halogens is 2. The Morgan fingerprint density at radius 2 is 1.91 bits per heavy atom. The zero-order chi connectivity index (χ0) is 31.8. The highest BCUT2D eigenvalue weighted by molar-refractivity contribution is 8.00. The SMILES string of the molecule is CCCOc1cccc(C2/C(=C(\O)c3nc4c(C)cccn4c3C)C(=O)C(=O)N2c2nnc(SCc3ccc(Cl)cc3Cl)s2)c1. The van der Waals surface area contributed by atoms with Crippen LogP contribution in [0, 0.1) is 13.8 Å². The maximum atomic E-state index is 13.8. The topological polar surface area (TPSA) is 110 Å². The molecular weight excluding hydrogens is 653 g/mol. The maximum absolute atomic E-state index is 13.8. The van der Waals surface area contributed by atoms with Gasteiger partial charge in [-0.05, 0) is 67.3 Å². The van der Waals surface area contributed by atoms with Gasteiger partial charge in [0, 0.05) is 22.0 Å². The fraction of sp³-hybridized carbons (Fsp3) is 0.219. The fourth-order valence-electron chi connectivity index (χ4n) is 5.15. The van der Waals surface area contributed by atoms with E-state index in [1.165, 1.54) is 28.0 Å². The molecule has 230 valence electrons. The van der Waals surface area contributed by atoms with Gasteiger partial charge in [-0.25, -0.2) is 4.98 Å². The van der Waals surface area contributed by atoms with Gasteiger partial charge < -0.3 is 14.2 Å². The van der Waals surface area contributed by atoms with Gasteiger partial charge in [0.25, 0.3) is 5.78 Å². The molecule has 1 N–H and O–H groups in total. The zero-order valence-corrected chi connectivity index (χ0v) is 27.6. The second-order valence-electron chi connectivity index (χ2n) is 10.4. The second kappa shape index (κ2) is 12.8. The number of carbonyl (C=O) groups is 2. The first-order chi connectivity index (χ1) is 21.7. The van der Waals surface area contributed by atoms with Gasteiger partial charge in [-0.2, -0.15) is 0 Å². The largest absolute Gasteiger partial charge is 0.505 e. The molecule has 1 atom stereocenters. The molecule has 1 aliphatic heterocycles. The predicted octanol–water partition coefficient (Wildman–Crippen LogP) is 7.82. The Balaban J connectivity index is 1.43. The number of hydrogen-bond donors (Lipinski definition) is 1. The Morgan fingerprint density at radius 1 is 1.09 bits per heavy atom. The van der Waals surface area contributed by atoms with Gasteiger partial charge in [-0.3, -0.25) is 14.5 Å². The van der Waals surface area contributed by atoms with Crippen LogP contribution in [-0.4, -0.2) is 43.0 Å². The van der Waals surface area contributed by atoms with Crippen LogP contribution in [0.15, 0.2) is 70.7 Å². The number of nitrogens with zero attached hydrogens (tertiary/aromatic N) is 5. The summed E-state index contributed by atoms with van der Waals surface area (Å²) in [6.07, 6.45) is 2.64. The second-order valence-corrected chi connectivity index (χ2v) is 13.4. The summed E-state index contributed by atoms with van der Waals surface area (Å²) in [5.74, 6) is -0.961. The predicted molar refractivity (Wildman–Crippen MR) is 178 cm³/mol. The first kappa shape index (κ1) is 31.1. The number of aryl methyl sites for hydroxylation is 2. The summed E-state index contributed by atoms with van der Waals surface area (Å²) >= 11 is 14.9. The van der Waals surface area contributed by atoms with Gasteiger partial charge in [0.15, 0.2) is 10.1 Å². The van der Waals surface area contributed by atoms with Crippen LogP contribution < -0.4 is 9.64 Å². The molecule has 13 heteroatoms. The zero-order valence-electron chi connectivity index (χ0n) is 24.5. The lowest BCUT2D eigenvalue weighted by Crippen LogP contribution is -2.29. The van der Waals surface area contributed by atoms with Crippen LogP contribution in [0.2, 0.25) is 10.0 Å². The van der Waals surface area contributed by atoms with Gasteiger partial charge in [0.1, 0.15) is 17.1 Å². The lowest BCUT2D eigenvalue weighted by Gasteiger charge is -2.23. The molecule has 1 amide bonds. The number of pyridine rings is 1. The Hall–Kier alpha value is -3.90. The number of hydrogen-bond acceptors (Lipinski definition) is 9. The minimum atomic E-state index is -1.00. The third-order valence-electron chi connectivity index (χ3n) is 7.37. The molecule has 4 heterocycles. The van der Waals surface area contributed by atoms with Crippen molar-refractivity contribution >= 4 is 74.5 Å². The van der Waals surface area contributed by atoms with Crippen molar-refractivity contribution in [3.63, 3.8) is 0 Å². The summed E-state index contributed by atoms with van der Waals surface area (Å²) in [7, 11) is 0. The Morgan fingerprint density at radius 3 is 2.67 bits per heavy atom. The summed E-state index contributed by atoms with van der Waals surface area (Å²) in [5, 5.41) is 21.6. The minimum absolute atomic E-state index is 0.0888. The van der Waals surface area contributed by atoms with Crippen LogP contribution in [0.5, 0.6) is 5.75 Å². The number of rotatable bonds is 9. The normalized spacial score (nSPS) is 16.2. The van der Waals surface area contributed by atoms with Crippen molar-refractivity contribution in [3.05, 3.63) is 104 Å². The van der Waals surface area contributed by atoms with Crippen molar-refractivity contribution < 1.29 is 19.4 Å². The molecule has 1 saturated heterocycles. The summed E-state index contributed by atoms with van der Waals surface area (Å²) < 4.78 is 8.28. The number of Topliss-reactive ketones (excluding diaryl/α,β-unsaturated/α-hetero) is 1. The summed E-state index contributed by atoms with van der Waals surface area (Å²) in [6.45, 7) is 6.22. The van der Waals surface area contributed by atoms with Gasteiger partial charge in [0.05, 0.1) is 23.9 Å². The van der Waals surface area contributed by atoms with E-state index >= 15 is 0 Å². The number of aliphatic hydroxyl groups is 1. The highest BCUT2D eigenvalue weighted by Gasteiger charge is 2.49. The quantitative estimate of drug-likeness (QED) is 0.0552. The average Bonchev–Trinajstić information content (AvgIpc) is 3.70. The third-order valence-corrected chi connectivity index (χ3v) is 10.1. The standard InChI is InChI=1S/C32H27Cl2N5O4S2/c1-4-13-43-22-9-5-8-19(14-22)26-24(27(40)25-18(3)38-12-6-7-17(2)29(38)35-25)28(41)30(42)39(26)31-36-37-32(45-31)44-16-20-10-11-21(33)15-23(20)34/h5-12,14-15,26,40H,4,13,16H2,1-3H3/b27-24+. The number of ether oxygens (including phenoxy) is 1. The van der Waals surface area contributed by atoms with E-state index in [0.29, 0.717) is 49.4 Å². The maximum Gasteiger partial charge on any atom is 0.301 e. The molecule has 5 aromatic rings. The monoisotopic (exact) mass is 679 g/mol. The highest BCUT2D eigenvalue weighted by Crippen LogP contribution is 2.45. The molecule has 1 unspecified atom stereocenters. The molecule has 1 aliphatic rings. The average molecular weight is 681 g/mol. The molecule has 0 radical (unpaired) electrons. The van der Waals surface area contributed by atoms with E-state index in [-0.39, 0.29) is 22.2 Å². The smallest absolute Gasteiger partial charge is 0.301 e. The van der Waals surface area contributed by atoms with Crippen LogP contribution in [0.3, 0.4) is 0 Å². The first-order valence-electron chi connectivity index (χ1n) is 14.1. The van der Waals surface area contributed by atoms with E-state index in [9.17, 15) is 14.7 Å². The summed E-state index contributed by atoms with van der Waals surface area (Å²) in [6, 6.07) is 15.2. The molecule has 0 aliphatic carbocycles. The van der Waals surface area contributed by atoms with Gasteiger partial charge in [-0.15, -0.1) is 10.2 Å². The molecule has 0 spiro atoms. The fourth-order valence-corrected chi connectivity index (χ4v) is 7.58. The van der Waals surface area contributed by atoms with Crippen molar-refractivity contribution in [1.82, 2.24) is 19.6 Å². The van der Waals surface area contributed by atoms with E-state index in [4.69, 9.17) is 27.9 Å². The number of thioether (sulfide) groups is 1. The summed E-state index contributed by atoms with van der Waals surface area (Å²) in [4.78, 5) is 33.5. The van der Waals surface area contributed by atoms with Crippen molar-refractivity contribution in [1.29, 1.82) is 0 Å². The molecule has 45 heavy (non-hydrogen) atoms. The Bertz CT molecular complexity index is 1990. The van der Waals surface area contributed by atoms with Crippen LogP contribution in [0.25, 0.3) is 11.4 Å². The first-order valence-corrected chi connectivity index (χ1v) is 16.6. The molecule has 6 rings (SSSR count). The van der Waals surface area contributed by atoms with Crippen molar-refractivity contribution in [2.24, 2.45) is 0 Å². The Labute approximate surface area is 277 Å². The number of benzene rings is 2. The number of anilines is 1. The molecule has 2 aromatic carbocycles. The molecule has 1 fully saturated rings. The van der Waals surface area contributed by atoms with Gasteiger partial charge in [-0.1, -0.05) is 77.5 Å². The van der Waals surface area contributed by atoms with Crippen molar-refractivity contribution in [3.8, 4) is 5.75 Å². The lowest BCUT2D eigenvalue weighted by molar-refractivity contribution is -0.132. The minimum Gasteiger partial charge on any atom is -0.505 e. The molecule has 0 bridgehead atoms.